The number of para-hydroxylation sites is 3. The maximum atomic E-state index is 6.31. The van der Waals surface area contributed by atoms with Crippen LogP contribution in [0.2, 0.25) is 0 Å². The number of rotatable bonds is 4. The number of benzene rings is 7. The third-order valence-corrected chi connectivity index (χ3v) is 10.3. The summed E-state index contributed by atoms with van der Waals surface area (Å²) in [4.78, 5) is 2.50. The first-order chi connectivity index (χ1) is 23.6. The Morgan fingerprint density at radius 1 is 0.521 bits per heavy atom. The van der Waals surface area contributed by atoms with Gasteiger partial charge >= 0.3 is 0 Å². The number of hydrogen-bond donors (Lipinski definition) is 0. The van der Waals surface area contributed by atoms with Gasteiger partial charge in [0.1, 0.15) is 11.2 Å². The zero-order valence-electron chi connectivity index (χ0n) is 26.8. The van der Waals surface area contributed by atoms with Gasteiger partial charge < -0.3 is 13.9 Å². The van der Waals surface area contributed by atoms with Gasteiger partial charge in [0.25, 0.3) is 0 Å². The van der Waals surface area contributed by atoms with E-state index in [9.17, 15) is 0 Å². The number of nitrogens with zero attached hydrogens (tertiary/aromatic N) is 2. The van der Waals surface area contributed by atoms with Crippen LogP contribution < -0.4 is 4.90 Å². The molecule has 2 heterocycles. The van der Waals surface area contributed by atoms with Gasteiger partial charge in [-0.05, 0) is 82.9 Å². The van der Waals surface area contributed by atoms with Crippen LogP contribution in [0.15, 0.2) is 162 Å². The summed E-state index contributed by atoms with van der Waals surface area (Å²) in [5, 5.41) is 4.68. The van der Waals surface area contributed by atoms with Gasteiger partial charge in [-0.15, -0.1) is 0 Å². The fraction of sp³-hybridized carbons (Fsp3) is 0.0667. The molecule has 1 aliphatic carbocycles. The lowest BCUT2D eigenvalue weighted by atomic mass is 9.81. The van der Waals surface area contributed by atoms with E-state index < -0.39 is 0 Å². The van der Waals surface area contributed by atoms with E-state index in [1.807, 2.05) is 6.07 Å². The Labute approximate surface area is 278 Å². The van der Waals surface area contributed by atoms with Gasteiger partial charge in [-0.1, -0.05) is 111 Å². The third-order valence-electron chi connectivity index (χ3n) is 10.3. The van der Waals surface area contributed by atoms with Gasteiger partial charge in [0.2, 0.25) is 0 Å². The summed E-state index contributed by atoms with van der Waals surface area (Å²) in [5.74, 6) is 0. The molecule has 0 bridgehead atoms. The zero-order valence-corrected chi connectivity index (χ0v) is 26.8. The highest BCUT2D eigenvalue weighted by molar-refractivity contribution is 6.17. The van der Waals surface area contributed by atoms with Crippen molar-refractivity contribution in [2.24, 2.45) is 0 Å². The van der Waals surface area contributed by atoms with Gasteiger partial charge in [0.15, 0.2) is 0 Å². The number of anilines is 3. The van der Waals surface area contributed by atoms with Crippen molar-refractivity contribution >= 4 is 60.8 Å². The van der Waals surface area contributed by atoms with Crippen LogP contribution in [0.3, 0.4) is 0 Å². The molecule has 0 fully saturated rings. The van der Waals surface area contributed by atoms with Crippen LogP contribution in [0.4, 0.5) is 17.1 Å². The first-order valence-corrected chi connectivity index (χ1v) is 16.6. The van der Waals surface area contributed by atoms with E-state index in [1.165, 1.54) is 49.7 Å². The van der Waals surface area contributed by atoms with Crippen molar-refractivity contribution in [3.8, 4) is 16.8 Å². The Morgan fingerprint density at radius 2 is 1.19 bits per heavy atom. The molecule has 10 rings (SSSR count). The van der Waals surface area contributed by atoms with Crippen LogP contribution in [0.5, 0.6) is 0 Å². The molecule has 0 saturated heterocycles. The summed E-state index contributed by atoms with van der Waals surface area (Å²) < 4.78 is 8.70. The summed E-state index contributed by atoms with van der Waals surface area (Å²) in [7, 11) is 0. The standard InChI is InChI=1S/C45H32N2O/c1-45(2)36-20-9-6-16-31(36)33-19-12-24-40(44(33)45)47(30-26-27-42-35(28-30)32-17-8-11-25-41(32)48-42)39-23-13-22-38-43(39)34-18-7-10-21-37(34)46(38)29-14-4-3-5-15-29/h3-28H,1-2H3. The molecule has 7 aromatic carbocycles. The topological polar surface area (TPSA) is 21.3 Å². The molecule has 0 unspecified atom stereocenters. The SMILES string of the molecule is CC1(C)c2ccccc2-c2cccc(N(c3ccc4oc5ccccc5c4c3)c3cccc4c3c3ccccc3n4-c3ccccc3)c21. The first kappa shape index (κ1) is 27.1. The van der Waals surface area contributed by atoms with E-state index in [0.717, 1.165) is 39.0 Å². The van der Waals surface area contributed by atoms with Crippen molar-refractivity contribution in [1.29, 1.82) is 0 Å². The van der Waals surface area contributed by atoms with Crippen LogP contribution in [-0.2, 0) is 5.41 Å². The highest BCUT2D eigenvalue weighted by Crippen LogP contribution is 2.55. The number of fused-ring (bicyclic) bond motifs is 9. The lowest BCUT2D eigenvalue weighted by Gasteiger charge is -2.32. The van der Waals surface area contributed by atoms with Crippen molar-refractivity contribution in [2.45, 2.75) is 19.3 Å². The Balaban J connectivity index is 1.33. The Bertz CT molecular complexity index is 2710. The van der Waals surface area contributed by atoms with E-state index in [1.54, 1.807) is 0 Å². The Hall–Kier alpha value is -6.06. The van der Waals surface area contributed by atoms with E-state index in [2.05, 4.69) is 175 Å². The van der Waals surface area contributed by atoms with Crippen molar-refractivity contribution in [2.75, 3.05) is 4.90 Å². The average Bonchev–Trinajstić information content (AvgIpc) is 3.75. The zero-order chi connectivity index (χ0) is 32.0. The lowest BCUT2D eigenvalue weighted by Crippen LogP contribution is -2.20. The molecule has 0 spiro atoms. The maximum absolute atomic E-state index is 6.31. The molecule has 0 aliphatic heterocycles. The quantitative estimate of drug-likeness (QED) is 0.196. The van der Waals surface area contributed by atoms with Gasteiger partial charge in [-0.2, -0.15) is 0 Å². The van der Waals surface area contributed by atoms with E-state index in [-0.39, 0.29) is 5.41 Å². The predicted octanol–water partition coefficient (Wildman–Crippen LogP) is 12.5. The minimum Gasteiger partial charge on any atom is -0.456 e. The van der Waals surface area contributed by atoms with Crippen LogP contribution >= 0.6 is 0 Å². The predicted molar refractivity (Wildman–Crippen MR) is 200 cm³/mol. The molecule has 0 atom stereocenters. The van der Waals surface area contributed by atoms with E-state index in [4.69, 9.17) is 4.42 Å². The van der Waals surface area contributed by atoms with Crippen LogP contribution in [0.1, 0.15) is 25.0 Å². The molecule has 3 nitrogen and oxygen atoms in total. The van der Waals surface area contributed by atoms with Crippen LogP contribution in [0, 0.1) is 0 Å². The van der Waals surface area contributed by atoms with Gasteiger partial charge in [0.05, 0.1) is 22.4 Å². The highest BCUT2D eigenvalue weighted by Gasteiger charge is 2.39. The van der Waals surface area contributed by atoms with Crippen LogP contribution in [0.25, 0.3) is 60.6 Å². The van der Waals surface area contributed by atoms with Crippen molar-refractivity contribution < 1.29 is 4.42 Å². The molecule has 9 aromatic rings. The second kappa shape index (κ2) is 9.97. The largest absolute Gasteiger partial charge is 0.456 e. The molecular formula is C45H32N2O. The van der Waals surface area contributed by atoms with E-state index >= 15 is 0 Å². The van der Waals surface area contributed by atoms with E-state index in [0.29, 0.717) is 0 Å². The molecular weight excluding hydrogens is 585 g/mol. The molecule has 48 heavy (non-hydrogen) atoms. The monoisotopic (exact) mass is 616 g/mol. The number of hydrogen-bond acceptors (Lipinski definition) is 2. The van der Waals surface area contributed by atoms with Crippen molar-refractivity contribution in [3.63, 3.8) is 0 Å². The summed E-state index contributed by atoms with van der Waals surface area (Å²) in [6, 6.07) is 56.9. The highest BCUT2D eigenvalue weighted by atomic mass is 16.3. The van der Waals surface area contributed by atoms with Crippen molar-refractivity contribution in [1.82, 2.24) is 4.57 Å². The molecule has 2 aromatic heterocycles. The fourth-order valence-corrected chi connectivity index (χ4v) is 8.31. The molecule has 228 valence electrons. The summed E-state index contributed by atoms with van der Waals surface area (Å²) in [6.45, 7) is 4.74. The molecule has 0 radical (unpaired) electrons. The minimum atomic E-state index is -0.195. The smallest absolute Gasteiger partial charge is 0.135 e. The average molecular weight is 617 g/mol. The summed E-state index contributed by atoms with van der Waals surface area (Å²) in [6.07, 6.45) is 0. The lowest BCUT2D eigenvalue weighted by molar-refractivity contribution is 0.660. The molecule has 0 saturated carbocycles. The maximum Gasteiger partial charge on any atom is 0.135 e. The normalized spacial score (nSPS) is 13.4. The third kappa shape index (κ3) is 3.70. The summed E-state index contributed by atoms with van der Waals surface area (Å²) >= 11 is 0. The van der Waals surface area contributed by atoms with Crippen LogP contribution in [-0.4, -0.2) is 4.57 Å². The summed E-state index contributed by atoms with van der Waals surface area (Å²) in [5.41, 5.74) is 13.9. The molecule has 1 aliphatic rings. The van der Waals surface area contributed by atoms with Gasteiger partial charge in [-0.25, -0.2) is 0 Å². The van der Waals surface area contributed by atoms with Gasteiger partial charge in [0, 0.05) is 38.3 Å². The Morgan fingerprint density at radius 3 is 2.08 bits per heavy atom. The van der Waals surface area contributed by atoms with Crippen molar-refractivity contribution in [3.05, 3.63) is 169 Å². The number of furan rings is 1. The van der Waals surface area contributed by atoms with Gasteiger partial charge in [-0.3, -0.25) is 0 Å². The first-order valence-electron chi connectivity index (χ1n) is 16.6. The Kier molecular flexibility index (Phi) is 5.63. The second-order valence-electron chi connectivity index (χ2n) is 13.3. The molecule has 3 heteroatoms. The molecule has 0 N–H and O–H groups in total. The minimum absolute atomic E-state index is 0.195. The second-order valence-corrected chi connectivity index (χ2v) is 13.3. The fourth-order valence-electron chi connectivity index (χ4n) is 8.31. The number of aromatic nitrogens is 1. The molecule has 0 amide bonds.